The van der Waals surface area contributed by atoms with Gasteiger partial charge < -0.3 is 15.0 Å². The zero-order chi connectivity index (χ0) is 17.4. The number of hydrogen-bond donors (Lipinski definition) is 1. The normalized spacial score (nSPS) is 10.5. The largest absolute Gasteiger partial charge is 0.489 e. The van der Waals surface area contributed by atoms with E-state index in [2.05, 4.69) is 10.3 Å². The summed E-state index contributed by atoms with van der Waals surface area (Å²) in [4.78, 5) is 18.0. The van der Waals surface area contributed by atoms with E-state index in [1.165, 1.54) is 5.56 Å². The van der Waals surface area contributed by atoms with Gasteiger partial charge in [-0.3, -0.25) is 9.78 Å². The van der Waals surface area contributed by atoms with Crippen LogP contribution in [0.3, 0.4) is 0 Å². The molecule has 1 amide bonds. The van der Waals surface area contributed by atoms with Crippen LogP contribution in [0, 0.1) is 0 Å². The highest BCUT2D eigenvalue weighted by Gasteiger charge is 2.10. The van der Waals surface area contributed by atoms with Crippen LogP contribution in [0.4, 0.5) is 5.69 Å². The first-order valence-electron chi connectivity index (χ1n) is 8.18. The molecule has 2 aromatic rings. The topological polar surface area (TPSA) is 54.5 Å². The number of nitrogens with zero attached hydrogens (tertiary/aromatic N) is 2. The number of nitrogens with one attached hydrogen (secondary N) is 1. The summed E-state index contributed by atoms with van der Waals surface area (Å²) < 4.78 is 5.75. The molecule has 0 atom stereocenters. The van der Waals surface area contributed by atoms with Crippen molar-refractivity contribution in [2.45, 2.75) is 26.4 Å². The Hall–Kier alpha value is -2.56. The minimum absolute atomic E-state index is 0.0448. The highest BCUT2D eigenvalue weighted by Crippen LogP contribution is 2.24. The minimum atomic E-state index is 0.0448. The fraction of sp³-hybridized carbons (Fsp3) is 0.368. The quantitative estimate of drug-likeness (QED) is 0.810. The zero-order valence-corrected chi connectivity index (χ0v) is 14.5. The van der Waals surface area contributed by atoms with Crippen LogP contribution < -0.4 is 10.1 Å². The second-order valence-corrected chi connectivity index (χ2v) is 5.94. The number of carbonyl (C=O) groups excluding carboxylic acids is 1. The molecular weight excluding hydrogens is 302 g/mol. The second-order valence-electron chi connectivity index (χ2n) is 5.94. The molecule has 0 radical (unpaired) electrons. The predicted octanol–water partition coefficient (Wildman–Crippen LogP) is 2.98. The Kier molecular flexibility index (Phi) is 6.61. The average Bonchev–Trinajstić information content (AvgIpc) is 2.59. The van der Waals surface area contributed by atoms with Gasteiger partial charge in [-0.25, -0.2) is 0 Å². The molecule has 2 rings (SSSR count). The van der Waals surface area contributed by atoms with Crippen molar-refractivity contribution in [2.24, 2.45) is 0 Å². The molecular formula is C19H25N3O2. The number of amides is 1. The lowest BCUT2D eigenvalue weighted by molar-refractivity contribution is -0.127. The number of para-hydroxylation sites is 2. The van der Waals surface area contributed by atoms with E-state index in [1.54, 1.807) is 17.3 Å². The van der Waals surface area contributed by atoms with Crippen LogP contribution in [0.2, 0.25) is 0 Å². The van der Waals surface area contributed by atoms with Gasteiger partial charge in [0.25, 0.3) is 0 Å². The van der Waals surface area contributed by atoms with Crippen LogP contribution >= 0.6 is 0 Å². The van der Waals surface area contributed by atoms with Crippen molar-refractivity contribution in [3.05, 3.63) is 54.4 Å². The smallest absolute Gasteiger partial charge is 0.241 e. The molecule has 128 valence electrons. The van der Waals surface area contributed by atoms with E-state index < -0.39 is 0 Å². The third-order valence-electron chi connectivity index (χ3n) is 3.59. The summed E-state index contributed by atoms with van der Waals surface area (Å²) in [5, 5.41) is 3.17. The Balaban J connectivity index is 1.84. The Morgan fingerprint density at radius 3 is 2.62 bits per heavy atom. The van der Waals surface area contributed by atoms with Gasteiger partial charge in [-0.05, 0) is 50.1 Å². The number of hydrogen-bond acceptors (Lipinski definition) is 4. The first-order valence-corrected chi connectivity index (χ1v) is 8.18. The van der Waals surface area contributed by atoms with E-state index in [9.17, 15) is 4.79 Å². The molecule has 0 spiro atoms. The first kappa shape index (κ1) is 17.8. The lowest BCUT2D eigenvalue weighted by Gasteiger charge is -2.19. The SMILES string of the molecule is CC(C)Oc1ccccc1NCC(=O)N(C)CCc1ccncc1. The van der Waals surface area contributed by atoms with Crippen molar-refractivity contribution in [2.75, 3.05) is 25.5 Å². The summed E-state index contributed by atoms with van der Waals surface area (Å²) in [5.41, 5.74) is 2.01. The van der Waals surface area contributed by atoms with Gasteiger partial charge in [0.1, 0.15) is 5.75 Å². The number of carbonyl (C=O) groups is 1. The number of pyridine rings is 1. The Morgan fingerprint density at radius 2 is 1.92 bits per heavy atom. The van der Waals surface area contributed by atoms with Gasteiger partial charge in [0.05, 0.1) is 18.3 Å². The number of benzene rings is 1. The summed E-state index contributed by atoms with van der Waals surface area (Å²) in [6, 6.07) is 11.6. The Labute approximate surface area is 143 Å². The van der Waals surface area contributed by atoms with E-state index in [0.29, 0.717) is 6.54 Å². The highest BCUT2D eigenvalue weighted by atomic mass is 16.5. The molecule has 0 aliphatic rings. The van der Waals surface area contributed by atoms with E-state index in [4.69, 9.17) is 4.74 Å². The van der Waals surface area contributed by atoms with Gasteiger partial charge in [-0.2, -0.15) is 0 Å². The highest BCUT2D eigenvalue weighted by molar-refractivity contribution is 5.81. The van der Waals surface area contributed by atoms with Crippen molar-refractivity contribution in [1.82, 2.24) is 9.88 Å². The molecule has 1 heterocycles. The Morgan fingerprint density at radius 1 is 1.21 bits per heavy atom. The van der Waals surface area contributed by atoms with Gasteiger partial charge in [0, 0.05) is 26.0 Å². The van der Waals surface area contributed by atoms with Crippen molar-refractivity contribution < 1.29 is 9.53 Å². The van der Waals surface area contributed by atoms with Crippen molar-refractivity contribution >= 4 is 11.6 Å². The summed E-state index contributed by atoms with van der Waals surface area (Å²) in [6.45, 7) is 4.88. The molecule has 1 aromatic carbocycles. The molecule has 24 heavy (non-hydrogen) atoms. The van der Waals surface area contributed by atoms with Gasteiger partial charge in [-0.1, -0.05) is 12.1 Å². The first-order chi connectivity index (χ1) is 11.6. The van der Waals surface area contributed by atoms with Crippen LogP contribution in [0.5, 0.6) is 5.75 Å². The standard InChI is InChI=1S/C19H25N3O2/c1-15(2)24-18-7-5-4-6-17(18)21-14-19(23)22(3)13-10-16-8-11-20-12-9-16/h4-9,11-12,15,21H,10,13-14H2,1-3H3. The van der Waals surface area contributed by atoms with E-state index >= 15 is 0 Å². The molecule has 0 saturated heterocycles. The maximum absolute atomic E-state index is 12.3. The lowest BCUT2D eigenvalue weighted by atomic mass is 10.2. The monoisotopic (exact) mass is 327 g/mol. The van der Waals surface area contributed by atoms with Gasteiger partial charge in [0.15, 0.2) is 0 Å². The molecule has 0 saturated carbocycles. The van der Waals surface area contributed by atoms with Crippen LogP contribution in [-0.2, 0) is 11.2 Å². The third kappa shape index (κ3) is 5.57. The summed E-state index contributed by atoms with van der Waals surface area (Å²) in [7, 11) is 1.82. The zero-order valence-electron chi connectivity index (χ0n) is 14.5. The van der Waals surface area contributed by atoms with Crippen LogP contribution in [0.1, 0.15) is 19.4 Å². The molecule has 0 aliphatic heterocycles. The molecule has 1 N–H and O–H groups in total. The Bertz CT molecular complexity index is 644. The van der Waals surface area contributed by atoms with Crippen molar-refractivity contribution in [1.29, 1.82) is 0 Å². The van der Waals surface area contributed by atoms with Gasteiger partial charge in [0.2, 0.25) is 5.91 Å². The molecule has 5 nitrogen and oxygen atoms in total. The lowest BCUT2D eigenvalue weighted by Crippen LogP contribution is -2.33. The molecule has 0 aliphatic carbocycles. The summed E-state index contributed by atoms with van der Waals surface area (Å²) in [5.74, 6) is 0.808. The predicted molar refractivity (Wildman–Crippen MR) is 96.3 cm³/mol. The van der Waals surface area contributed by atoms with Crippen LogP contribution in [0.15, 0.2) is 48.8 Å². The van der Waals surface area contributed by atoms with E-state index in [0.717, 1.165) is 17.9 Å². The molecule has 0 unspecified atom stereocenters. The number of anilines is 1. The number of rotatable bonds is 8. The van der Waals surface area contributed by atoms with E-state index in [1.807, 2.05) is 57.3 Å². The van der Waals surface area contributed by atoms with Crippen LogP contribution in [-0.4, -0.2) is 42.0 Å². The van der Waals surface area contributed by atoms with Gasteiger partial charge in [-0.15, -0.1) is 0 Å². The van der Waals surface area contributed by atoms with E-state index in [-0.39, 0.29) is 18.6 Å². The van der Waals surface area contributed by atoms with Crippen molar-refractivity contribution in [3.63, 3.8) is 0 Å². The summed E-state index contributed by atoms with van der Waals surface area (Å²) >= 11 is 0. The second kappa shape index (κ2) is 8.91. The summed E-state index contributed by atoms with van der Waals surface area (Å²) in [6.07, 6.45) is 4.44. The van der Waals surface area contributed by atoms with Crippen LogP contribution in [0.25, 0.3) is 0 Å². The fourth-order valence-electron chi connectivity index (χ4n) is 2.25. The third-order valence-corrected chi connectivity index (χ3v) is 3.59. The molecule has 0 bridgehead atoms. The number of likely N-dealkylation sites (N-methyl/N-ethyl adjacent to an activating group) is 1. The minimum Gasteiger partial charge on any atom is -0.489 e. The number of aromatic nitrogens is 1. The molecule has 1 aromatic heterocycles. The average molecular weight is 327 g/mol. The van der Waals surface area contributed by atoms with Gasteiger partial charge >= 0.3 is 0 Å². The molecule has 5 heteroatoms. The molecule has 0 fully saturated rings. The maximum atomic E-state index is 12.3. The van der Waals surface area contributed by atoms with Crippen molar-refractivity contribution in [3.8, 4) is 5.75 Å². The fourth-order valence-corrected chi connectivity index (χ4v) is 2.25. The maximum Gasteiger partial charge on any atom is 0.241 e. The number of ether oxygens (including phenoxy) is 1.